The third kappa shape index (κ3) is 5.31. The smallest absolute Gasteiger partial charge is 0.184 e. The molecule has 0 spiro atoms. The van der Waals surface area contributed by atoms with Crippen molar-refractivity contribution in [1.82, 2.24) is 0 Å². The first-order chi connectivity index (χ1) is 8.03. The van der Waals surface area contributed by atoms with E-state index in [4.69, 9.17) is 4.74 Å². The molecule has 1 aromatic rings. The number of benzene rings is 1. The Morgan fingerprint density at radius 2 is 2.00 bits per heavy atom. The first-order valence-corrected chi connectivity index (χ1v) is 5.66. The molecule has 0 unspecified atom stereocenters. The molecule has 92 valence electrons. The number of hydrogen-bond donors (Lipinski definition) is 0. The molecule has 0 bridgehead atoms. The highest BCUT2D eigenvalue weighted by atomic mass is 16.5. The largest absolute Gasteiger partial charge is 0.485 e. The molecular weight excluding hydrogens is 214 g/mol. The van der Waals surface area contributed by atoms with Crippen molar-refractivity contribution < 1.29 is 14.0 Å². The summed E-state index contributed by atoms with van der Waals surface area (Å²) >= 11 is 0. The standard InChI is InChI=1S/C14H20NO2/c1-13(12-16)17-10-9-15(2,3)11-14-7-5-4-6-8-14/h4-8,12H,1,9-11H2,2-3H3/q+1. The normalized spacial score (nSPS) is 10.9. The van der Waals surface area contributed by atoms with E-state index in [-0.39, 0.29) is 5.76 Å². The molecule has 3 heteroatoms. The lowest BCUT2D eigenvalue weighted by Gasteiger charge is -2.29. The van der Waals surface area contributed by atoms with Crippen LogP contribution in [0.2, 0.25) is 0 Å². The van der Waals surface area contributed by atoms with E-state index >= 15 is 0 Å². The Hall–Kier alpha value is -1.61. The number of quaternary nitrogens is 1. The zero-order valence-corrected chi connectivity index (χ0v) is 10.6. The van der Waals surface area contributed by atoms with Gasteiger partial charge in [0.25, 0.3) is 0 Å². The van der Waals surface area contributed by atoms with E-state index in [1.54, 1.807) is 0 Å². The van der Waals surface area contributed by atoms with Gasteiger partial charge in [0, 0.05) is 5.56 Å². The second kappa shape index (κ2) is 6.21. The van der Waals surface area contributed by atoms with Crippen LogP contribution in [-0.4, -0.2) is 38.0 Å². The van der Waals surface area contributed by atoms with Gasteiger partial charge in [0.05, 0.1) is 14.1 Å². The number of rotatable bonds is 7. The Balaban J connectivity index is 2.41. The molecule has 0 aliphatic carbocycles. The van der Waals surface area contributed by atoms with E-state index in [0.29, 0.717) is 12.9 Å². The maximum atomic E-state index is 10.3. The van der Waals surface area contributed by atoms with Gasteiger partial charge in [-0.25, -0.2) is 0 Å². The molecule has 0 amide bonds. The van der Waals surface area contributed by atoms with Gasteiger partial charge in [0.2, 0.25) is 0 Å². The lowest BCUT2D eigenvalue weighted by atomic mass is 10.2. The highest BCUT2D eigenvalue weighted by Gasteiger charge is 2.15. The molecule has 0 fully saturated rings. The van der Waals surface area contributed by atoms with Gasteiger partial charge in [-0.15, -0.1) is 0 Å². The predicted octanol–water partition coefficient (Wildman–Crippen LogP) is 1.99. The molecule has 17 heavy (non-hydrogen) atoms. The molecule has 0 saturated carbocycles. The summed E-state index contributed by atoms with van der Waals surface area (Å²) in [6.07, 6.45) is 0.636. The molecule has 1 aromatic carbocycles. The van der Waals surface area contributed by atoms with Crippen molar-refractivity contribution >= 4 is 6.29 Å². The van der Waals surface area contributed by atoms with E-state index in [1.807, 2.05) is 18.2 Å². The summed E-state index contributed by atoms with van der Waals surface area (Å²) < 4.78 is 6.00. The fraction of sp³-hybridized carbons (Fsp3) is 0.357. The van der Waals surface area contributed by atoms with Gasteiger partial charge in [-0.2, -0.15) is 0 Å². The Morgan fingerprint density at radius 1 is 1.35 bits per heavy atom. The minimum absolute atomic E-state index is 0.199. The van der Waals surface area contributed by atoms with Crippen LogP contribution in [0.15, 0.2) is 42.7 Å². The van der Waals surface area contributed by atoms with Gasteiger partial charge in [-0.05, 0) is 0 Å². The average molecular weight is 234 g/mol. The maximum absolute atomic E-state index is 10.3. The molecule has 0 aliphatic heterocycles. The van der Waals surface area contributed by atoms with Crippen molar-refractivity contribution in [2.75, 3.05) is 27.2 Å². The van der Waals surface area contributed by atoms with Crippen LogP contribution in [0, 0.1) is 0 Å². The second-order valence-electron chi connectivity index (χ2n) is 4.74. The summed E-state index contributed by atoms with van der Waals surface area (Å²) in [5.41, 5.74) is 1.30. The van der Waals surface area contributed by atoms with Crippen LogP contribution in [0.25, 0.3) is 0 Å². The third-order valence-electron chi connectivity index (χ3n) is 2.57. The van der Waals surface area contributed by atoms with E-state index in [2.05, 4.69) is 32.8 Å². The summed E-state index contributed by atoms with van der Waals surface area (Å²) in [5.74, 6) is 0.199. The molecule has 1 rings (SSSR count). The van der Waals surface area contributed by atoms with Gasteiger partial charge in [-0.1, -0.05) is 36.9 Å². The Bertz CT molecular complexity index is 371. The summed E-state index contributed by atoms with van der Waals surface area (Å²) in [6.45, 7) is 5.77. The average Bonchev–Trinajstić information content (AvgIpc) is 2.29. The van der Waals surface area contributed by atoms with Gasteiger partial charge in [-0.3, -0.25) is 4.79 Å². The van der Waals surface area contributed by atoms with Crippen molar-refractivity contribution in [1.29, 1.82) is 0 Å². The maximum Gasteiger partial charge on any atom is 0.184 e. The number of likely N-dealkylation sites (N-methyl/N-ethyl adjacent to an activating group) is 1. The van der Waals surface area contributed by atoms with Crippen molar-refractivity contribution in [3.05, 3.63) is 48.2 Å². The third-order valence-corrected chi connectivity index (χ3v) is 2.57. The number of ether oxygens (including phenoxy) is 1. The molecule has 0 heterocycles. The van der Waals surface area contributed by atoms with Crippen molar-refractivity contribution in [2.45, 2.75) is 6.54 Å². The summed E-state index contributed by atoms with van der Waals surface area (Å²) in [6, 6.07) is 10.3. The Labute approximate surface area is 103 Å². The first kappa shape index (κ1) is 13.5. The SMILES string of the molecule is C=C(C=O)OCC[N+](C)(C)Cc1ccccc1. The van der Waals surface area contributed by atoms with E-state index in [1.165, 1.54) is 5.56 Å². The van der Waals surface area contributed by atoms with E-state index in [0.717, 1.165) is 17.6 Å². The number of carbonyl (C=O) groups excluding carboxylic acids is 1. The lowest BCUT2D eigenvalue weighted by molar-refractivity contribution is -0.903. The topological polar surface area (TPSA) is 26.3 Å². The minimum Gasteiger partial charge on any atom is -0.485 e. The van der Waals surface area contributed by atoms with Crippen LogP contribution in [0.4, 0.5) is 0 Å². The zero-order valence-electron chi connectivity index (χ0n) is 10.6. The monoisotopic (exact) mass is 234 g/mol. The number of hydrogen-bond acceptors (Lipinski definition) is 2. The molecule has 3 nitrogen and oxygen atoms in total. The van der Waals surface area contributed by atoms with E-state index < -0.39 is 0 Å². The van der Waals surface area contributed by atoms with Crippen LogP contribution in [-0.2, 0) is 16.1 Å². The Morgan fingerprint density at radius 3 is 2.59 bits per heavy atom. The fourth-order valence-electron chi connectivity index (χ4n) is 1.61. The number of allylic oxidation sites excluding steroid dienone is 1. The summed E-state index contributed by atoms with van der Waals surface area (Å²) in [5, 5.41) is 0. The second-order valence-corrected chi connectivity index (χ2v) is 4.74. The summed E-state index contributed by atoms with van der Waals surface area (Å²) in [4.78, 5) is 10.3. The highest BCUT2D eigenvalue weighted by Crippen LogP contribution is 2.08. The van der Waals surface area contributed by atoms with Gasteiger partial charge in [0.15, 0.2) is 12.0 Å². The van der Waals surface area contributed by atoms with Gasteiger partial charge < -0.3 is 9.22 Å². The Kier molecular flexibility index (Phi) is 4.91. The zero-order chi connectivity index (χ0) is 12.7. The highest BCUT2D eigenvalue weighted by molar-refractivity contribution is 5.68. The quantitative estimate of drug-likeness (QED) is 0.312. The van der Waals surface area contributed by atoms with Crippen molar-refractivity contribution in [3.8, 4) is 0 Å². The minimum atomic E-state index is 0.199. The van der Waals surface area contributed by atoms with Crippen LogP contribution < -0.4 is 0 Å². The van der Waals surface area contributed by atoms with Crippen LogP contribution in [0.5, 0.6) is 0 Å². The van der Waals surface area contributed by atoms with Gasteiger partial charge in [0.1, 0.15) is 19.7 Å². The molecule has 0 saturated heterocycles. The molecule has 0 aliphatic rings. The first-order valence-electron chi connectivity index (χ1n) is 5.66. The fourth-order valence-corrected chi connectivity index (χ4v) is 1.61. The number of aldehydes is 1. The summed E-state index contributed by atoms with van der Waals surface area (Å²) in [7, 11) is 4.28. The lowest BCUT2D eigenvalue weighted by Crippen LogP contribution is -2.41. The van der Waals surface area contributed by atoms with Gasteiger partial charge >= 0.3 is 0 Å². The van der Waals surface area contributed by atoms with Crippen LogP contribution in [0.1, 0.15) is 5.56 Å². The molecular formula is C14H20NO2+. The number of nitrogens with zero attached hydrogens (tertiary/aromatic N) is 1. The van der Waals surface area contributed by atoms with Crippen LogP contribution in [0.3, 0.4) is 0 Å². The van der Waals surface area contributed by atoms with Crippen LogP contribution >= 0.6 is 0 Å². The van der Waals surface area contributed by atoms with Crippen molar-refractivity contribution in [2.24, 2.45) is 0 Å². The predicted molar refractivity (Wildman–Crippen MR) is 68.3 cm³/mol. The van der Waals surface area contributed by atoms with E-state index in [9.17, 15) is 4.79 Å². The molecule has 0 N–H and O–H groups in total. The molecule has 0 aromatic heterocycles. The number of carbonyl (C=O) groups is 1. The molecule has 0 radical (unpaired) electrons. The molecule has 0 atom stereocenters. The van der Waals surface area contributed by atoms with Crippen molar-refractivity contribution in [3.63, 3.8) is 0 Å².